The van der Waals surface area contributed by atoms with Crippen LogP contribution < -0.4 is 11.1 Å². The molecule has 102 valence electrons. The molecule has 0 bridgehead atoms. The fourth-order valence-electron chi connectivity index (χ4n) is 1.49. The zero-order valence-electron chi connectivity index (χ0n) is 10.7. The Morgan fingerprint density at radius 1 is 1.58 bits per heavy atom. The molecule has 0 fully saturated rings. The first-order valence-corrected chi connectivity index (χ1v) is 5.93. The van der Waals surface area contributed by atoms with E-state index in [-0.39, 0.29) is 11.9 Å². The van der Waals surface area contributed by atoms with E-state index in [1.165, 1.54) is 0 Å². The number of H-pyrrole nitrogens is 1. The maximum absolute atomic E-state index is 11.8. The summed E-state index contributed by atoms with van der Waals surface area (Å²) in [6.45, 7) is 4.35. The SMILES string of the molecule is CC(C)n1cnc(C(=O)NCCc2noc(=O)[nH]2)c1. The van der Waals surface area contributed by atoms with Gasteiger partial charge in [0, 0.05) is 25.2 Å². The molecule has 19 heavy (non-hydrogen) atoms. The minimum Gasteiger partial charge on any atom is -0.350 e. The predicted octanol–water partition coefficient (Wildman–Crippen LogP) is 0.113. The van der Waals surface area contributed by atoms with E-state index >= 15 is 0 Å². The molecule has 0 aliphatic carbocycles. The van der Waals surface area contributed by atoms with Gasteiger partial charge in [-0.3, -0.25) is 14.3 Å². The van der Waals surface area contributed by atoms with Gasteiger partial charge in [0.1, 0.15) is 5.69 Å². The van der Waals surface area contributed by atoms with E-state index < -0.39 is 5.76 Å². The fraction of sp³-hybridized carbons (Fsp3) is 0.455. The lowest BCUT2D eigenvalue weighted by Gasteiger charge is -2.04. The number of aromatic nitrogens is 4. The monoisotopic (exact) mass is 265 g/mol. The minimum atomic E-state index is -0.600. The lowest BCUT2D eigenvalue weighted by Crippen LogP contribution is -2.26. The van der Waals surface area contributed by atoms with Crippen molar-refractivity contribution in [1.82, 2.24) is 25.0 Å². The first-order chi connectivity index (χ1) is 9.06. The zero-order chi connectivity index (χ0) is 13.8. The third-order valence-corrected chi connectivity index (χ3v) is 2.56. The molecule has 0 aliphatic rings. The molecule has 8 heteroatoms. The largest absolute Gasteiger partial charge is 0.438 e. The average Bonchev–Trinajstić information content (AvgIpc) is 2.98. The zero-order valence-corrected chi connectivity index (χ0v) is 10.7. The molecule has 2 rings (SSSR count). The second kappa shape index (κ2) is 5.51. The van der Waals surface area contributed by atoms with Crippen molar-refractivity contribution in [3.63, 3.8) is 0 Å². The molecule has 2 aromatic rings. The van der Waals surface area contributed by atoms with E-state index in [0.717, 1.165) is 0 Å². The molecule has 0 unspecified atom stereocenters. The van der Waals surface area contributed by atoms with E-state index in [0.29, 0.717) is 24.5 Å². The van der Waals surface area contributed by atoms with Crippen LogP contribution in [0.25, 0.3) is 0 Å². The van der Waals surface area contributed by atoms with Crippen LogP contribution in [0.1, 0.15) is 36.2 Å². The highest BCUT2D eigenvalue weighted by molar-refractivity contribution is 5.91. The molecule has 1 amide bonds. The smallest absolute Gasteiger partial charge is 0.350 e. The third-order valence-electron chi connectivity index (χ3n) is 2.56. The van der Waals surface area contributed by atoms with Gasteiger partial charge >= 0.3 is 5.76 Å². The van der Waals surface area contributed by atoms with Gasteiger partial charge in [0.15, 0.2) is 5.82 Å². The van der Waals surface area contributed by atoms with E-state index in [4.69, 9.17) is 0 Å². The first-order valence-electron chi connectivity index (χ1n) is 5.93. The van der Waals surface area contributed by atoms with Crippen LogP contribution in [0, 0.1) is 0 Å². The van der Waals surface area contributed by atoms with Gasteiger partial charge in [0.2, 0.25) is 0 Å². The van der Waals surface area contributed by atoms with Gasteiger partial charge in [-0.1, -0.05) is 5.16 Å². The van der Waals surface area contributed by atoms with Crippen LogP contribution >= 0.6 is 0 Å². The van der Waals surface area contributed by atoms with Crippen molar-refractivity contribution in [2.24, 2.45) is 0 Å². The molecule has 0 spiro atoms. The highest BCUT2D eigenvalue weighted by Gasteiger charge is 2.10. The molecule has 8 nitrogen and oxygen atoms in total. The minimum absolute atomic E-state index is 0.259. The molecule has 0 aliphatic heterocycles. The van der Waals surface area contributed by atoms with E-state index in [9.17, 15) is 9.59 Å². The molecule has 0 radical (unpaired) electrons. The van der Waals surface area contributed by atoms with Crippen LogP contribution in [-0.4, -0.2) is 32.1 Å². The molecule has 2 N–H and O–H groups in total. The molecule has 0 aromatic carbocycles. The number of amides is 1. The number of nitrogens with zero attached hydrogens (tertiary/aromatic N) is 3. The van der Waals surface area contributed by atoms with Crippen molar-refractivity contribution < 1.29 is 9.32 Å². The predicted molar refractivity (Wildman–Crippen MR) is 65.8 cm³/mol. The summed E-state index contributed by atoms with van der Waals surface area (Å²) < 4.78 is 6.20. The number of hydrogen-bond acceptors (Lipinski definition) is 5. The molecule has 0 saturated heterocycles. The Morgan fingerprint density at radius 3 is 2.95 bits per heavy atom. The molecular weight excluding hydrogens is 250 g/mol. The number of carbonyl (C=O) groups excluding carboxylic acids is 1. The molecular formula is C11H15N5O3. The van der Waals surface area contributed by atoms with Crippen molar-refractivity contribution in [2.45, 2.75) is 26.3 Å². The molecule has 2 heterocycles. The van der Waals surface area contributed by atoms with Crippen LogP contribution in [0.5, 0.6) is 0 Å². The summed E-state index contributed by atoms with van der Waals surface area (Å²) >= 11 is 0. The summed E-state index contributed by atoms with van der Waals surface area (Å²) in [6, 6.07) is 0.259. The first kappa shape index (κ1) is 13.1. The van der Waals surface area contributed by atoms with Gasteiger partial charge in [-0.15, -0.1) is 0 Å². The summed E-state index contributed by atoms with van der Waals surface area (Å²) in [7, 11) is 0. The fourth-order valence-corrected chi connectivity index (χ4v) is 1.49. The summed E-state index contributed by atoms with van der Waals surface area (Å²) in [5.41, 5.74) is 0.363. The van der Waals surface area contributed by atoms with Crippen LogP contribution in [0.3, 0.4) is 0 Å². The second-order valence-corrected chi connectivity index (χ2v) is 4.35. The van der Waals surface area contributed by atoms with Crippen LogP contribution in [-0.2, 0) is 6.42 Å². The van der Waals surface area contributed by atoms with Crippen molar-refractivity contribution in [3.8, 4) is 0 Å². The quantitative estimate of drug-likeness (QED) is 0.798. The Hall–Kier alpha value is -2.38. The summed E-state index contributed by atoms with van der Waals surface area (Å²) in [5.74, 6) is -0.458. The molecule has 0 atom stereocenters. The number of aromatic amines is 1. The van der Waals surface area contributed by atoms with Crippen LogP contribution in [0.2, 0.25) is 0 Å². The Kier molecular flexibility index (Phi) is 3.79. The highest BCUT2D eigenvalue weighted by atomic mass is 16.5. The summed E-state index contributed by atoms with van der Waals surface area (Å²) in [4.78, 5) is 28.9. The summed E-state index contributed by atoms with van der Waals surface area (Å²) in [5, 5.41) is 6.19. The van der Waals surface area contributed by atoms with Gasteiger partial charge in [-0.2, -0.15) is 0 Å². The van der Waals surface area contributed by atoms with Gasteiger partial charge in [-0.05, 0) is 13.8 Å². The van der Waals surface area contributed by atoms with Crippen LogP contribution in [0.15, 0.2) is 21.8 Å². The van der Waals surface area contributed by atoms with Crippen molar-refractivity contribution in [1.29, 1.82) is 0 Å². The number of rotatable bonds is 5. The standard InChI is InChI=1S/C11H15N5O3/c1-7(2)16-5-8(13-6-16)10(17)12-4-3-9-14-11(18)19-15-9/h5-7H,3-4H2,1-2H3,(H,12,17)(H,14,15,18). The normalized spacial score (nSPS) is 10.9. The Balaban J connectivity index is 1.85. The lowest BCUT2D eigenvalue weighted by atomic mass is 10.3. The van der Waals surface area contributed by atoms with E-state index in [1.807, 2.05) is 18.4 Å². The van der Waals surface area contributed by atoms with E-state index in [1.54, 1.807) is 12.5 Å². The average molecular weight is 265 g/mol. The number of nitrogens with one attached hydrogen (secondary N) is 2. The highest BCUT2D eigenvalue weighted by Crippen LogP contribution is 2.05. The van der Waals surface area contributed by atoms with Crippen molar-refractivity contribution >= 4 is 5.91 Å². The lowest BCUT2D eigenvalue weighted by molar-refractivity contribution is 0.0949. The van der Waals surface area contributed by atoms with Gasteiger partial charge in [-0.25, -0.2) is 9.78 Å². The number of hydrogen-bond donors (Lipinski definition) is 2. The number of imidazole rings is 1. The maximum atomic E-state index is 11.8. The maximum Gasteiger partial charge on any atom is 0.438 e. The van der Waals surface area contributed by atoms with Crippen molar-refractivity contribution in [3.05, 3.63) is 34.6 Å². The topological polar surface area (TPSA) is 106 Å². The van der Waals surface area contributed by atoms with Crippen LogP contribution in [0.4, 0.5) is 0 Å². The second-order valence-electron chi connectivity index (χ2n) is 4.35. The Bertz CT molecular complexity index is 610. The number of carbonyl (C=O) groups is 1. The van der Waals surface area contributed by atoms with E-state index in [2.05, 4.69) is 25.0 Å². The van der Waals surface area contributed by atoms with Gasteiger partial charge < -0.3 is 9.88 Å². The Morgan fingerprint density at radius 2 is 2.37 bits per heavy atom. The third kappa shape index (κ3) is 3.30. The molecule has 0 saturated carbocycles. The Labute approximate surface area is 108 Å². The molecule has 2 aromatic heterocycles. The summed E-state index contributed by atoms with van der Waals surface area (Å²) in [6.07, 6.45) is 3.70. The van der Waals surface area contributed by atoms with Gasteiger partial charge in [0.25, 0.3) is 5.91 Å². The van der Waals surface area contributed by atoms with Crippen molar-refractivity contribution in [2.75, 3.05) is 6.54 Å². The van der Waals surface area contributed by atoms with Gasteiger partial charge in [0.05, 0.1) is 6.33 Å².